The van der Waals surface area contributed by atoms with Crippen molar-refractivity contribution in [1.29, 1.82) is 0 Å². The fourth-order valence-electron chi connectivity index (χ4n) is 3.66. The second kappa shape index (κ2) is 11.3. The lowest BCUT2D eigenvalue weighted by atomic mass is 10.1. The summed E-state index contributed by atoms with van der Waals surface area (Å²) in [6, 6.07) is 9.88. The van der Waals surface area contributed by atoms with Gasteiger partial charge in [0.1, 0.15) is 19.2 Å². The van der Waals surface area contributed by atoms with Crippen LogP contribution < -0.4 is 10.5 Å². The highest BCUT2D eigenvalue weighted by molar-refractivity contribution is 5.19. The number of benzene rings is 1. The van der Waals surface area contributed by atoms with Gasteiger partial charge < -0.3 is 29.2 Å². The van der Waals surface area contributed by atoms with Gasteiger partial charge in [0.15, 0.2) is 5.82 Å². The Morgan fingerprint density at radius 3 is 2.63 bits per heavy atom. The topological polar surface area (TPSA) is 98.1 Å². The molecule has 0 aliphatic carbocycles. The van der Waals surface area contributed by atoms with Crippen LogP contribution in [-0.2, 0) is 33.8 Å². The molecule has 1 aliphatic rings. The lowest BCUT2D eigenvalue weighted by Crippen LogP contribution is -3.13. The number of fused-ring (bicyclic) bond motifs is 1. The lowest BCUT2D eigenvalue weighted by Gasteiger charge is -2.27. The van der Waals surface area contributed by atoms with Crippen LogP contribution in [0.15, 0.2) is 35.1 Å². The second-order valence-electron chi connectivity index (χ2n) is 7.40. The zero-order valence-electron chi connectivity index (χ0n) is 17.7. The zero-order valence-corrected chi connectivity index (χ0v) is 17.7. The average Bonchev–Trinajstić information content (AvgIpc) is 2.74. The molecule has 3 N–H and O–H groups in total. The largest absolute Gasteiger partial charge is 0.385 e. The first-order chi connectivity index (χ1) is 14.6. The molecule has 1 aromatic carbocycles. The van der Waals surface area contributed by atoms with Crippen molar-refractivity contribution in [3.8, 4) is 0 Å². The standard InChI is InChI=1S/C22H31N3O5/c1-3-29-22(30-4-2)20-23-19-10-11-25(13-18(19)21(27)24-20)12-17(26)15-28-14-16-8-6-5-7-9-16/h5-9,17,22,26H,3-4,10-15H2,1-2H3,(H,23,24,27)/p+1/t17-/m0/s1. The molecule has 1 aliphatic heterocycles. The first kappa shape index (κ1) is 22.6. The molecule has 2 atom stereocenters. The summed E-state index contributed by atoms with van der Waals surface area (Å²) in [6.07, 6.45) is -0.576. The number of hydrogen-bond acceptors (Lipinski definition) is 6. The van der Waals surface area contributed by atoms with Gasteiger partial charge in [0.2, 0.25) is 6.29 Å². The van der Waals surface area contributed by atoms with E-state index in [4.69, 9.17) is 14.2 Å². The Morgan fingerprint density at radius 2 is 1.93 bits per heavy atom. The average molecular weight is 419 g/mol. The predicted molar refractivity (Wildman–Crippen MR) is 111 cm³/mol. The Kier molecular flexibility index (Phi) is 8.53. The number of aliphatic hydroxyl groups excluding tert-OH is 1. The van der Waals surface area contributed by atoms with Crippen molar-refractivity contribution in [3.63, 3.8) is 0 Å². The Bertz CT molecular complexity index is 836. The molecule has 1 unspecified atom stereocenters. The van der Waals surface area contributed by atoms with Crippen LogP contribution in [0.3, 0.4) is 0 Å². The van der Waals surface area contributed by atoms with E-state index in [2.05, 4.69) is 9.97 Å². The van der Waals surface area contributed by atoms with Gasteiger partial charge in [-0.2, -0.15) is 0 Å². The summed E-state index contributed by atoms with van der Waals surface area (Å²) in [4.78, 5) is 21.2. The van der Waals surface area contributed by atoms with Crippen LogP contribution in [-0.4, -0.2) is 54.1 Å². The highest BCUT2D eigenvalue weighted by atomic mass is 16.7. The van der Waals surface area contributed by atoms with Crippen LogP contribution in [0, 0.1) is 0 Å². The van der Waals surface area contributed by atoms with Crippen LogP contribution in [0.25, 0.3) is 0 Å². The Balaban J connectivity index is 1.55. The van der Waals surface area contributed by atoms with Crippen LogP contribution in [0.5, 0.6) is 0 Å². The Hall–Kier alpha value is -2.10. The molecule has 1 aromatic heterocycles. The van der Waals surface area contributed by atoms with Gasteiger partial charge in [0.25, 0.3) is 5.56 Å². The molecule has 2 aromatic rings. The van der Waals surface area contributed by atoms with E-state index >= 15 is 0 Å². The van der Waals surface area contributed by atoms with Gasteiger partial charge >= 0.3 is 0 Å². The third-order valence-electron chi connectivity index (χ3n) is 5.07. The molecule has 0 radical (unpaired) electrons. The van der Waals surface area contributed by atoms with Crippen molar-refractivity contribution >= 4 is 0 Å². The van der Waals surface area contributed by atoms with E-state index < -0.39 is 12.4 Å². The molecule has 0 saturated heterocycles. The van der Waals surface area contributed by atoms with Gasteiger partial charge in [-0.3, -0.25) is 4.79 Å². The van der Waals surface area contributed by atoms with E-state index in [0.717, 1.165) is 22.7 Å². The van der Waals surface area contributed by atoms with E-state index in [1.54, 1.807) is 0 Å². The number of aromatic nitrogens is 2. The highest BCUT2D eigenvalue weighted by Gasteiger charge is 2.27. The quantitative estimate of drug-likeness (QED) is 0.456. The minimum atomic E-state index is -0.660. The maximum atomic E-state index is 12.7. The van der Waals surface area contributed by atoms with E-state index in [0.29, 0.717) is 50.7 Å². The number of nitrogens with zero attached hydrogens (tertiary/aromatic N) is 1. The van der Waals surface area contributed by atoms with Crippen LogP contribution in [0.2, 0.25) is 0 Å². The van der Waals surface area contributed by atoms with Crippen molar-refractivity contribution < 1.29 is 24.2 Å². The summed E-state index contributed by atoms with van der Waals surface area (Å²) in [5, 5.41) is 10.4. The second-order valence-corrected chi connectivity index (χ2v) is 7.40. The molecule has 8 heteroatoms. The fraction of sp³-hybridized carbons (Fsp3) is 0.545. The molecule has 0 amide bonds. The van der Waals surface area contributed by atoms with Crippen LogP contribution >= 0.6 is 0 Å². The molecule has 30 heavy (non-hydrogen) atoms. The number of hydrogen-bond donors (Lipinski definition) is 3. The third-order valence-corrected chi connectivity index (χ3v) is 5.07. The van der Waals surface area contributed by atoms with Gasteiger partial charge in [-0.1, -0.05) is 30.3 Å². The maximum Gasteiger partial charge on any atom is 0.260 e. The number of rotatable bonds is 11. The van der Waals surface area contributed by atoms with Gasteiger partial charge in [0, 0.05) is 19.6 Å². The van der Waals surface area contributed by atoms with Crippen LogP contribution in [0.1, 0.15) is 42.8 Å². The molecule has 3 rings (SSSR count). The van der Waals surface area contributed by atoms with Crippen molar-refractivity contribution in [2.75, 3.05) is 32.9 Å². The van der Waals surface area contributed by atoms with Crippen LogP contribution in [0.4, 0.5) is 0 Å². The van der Waals surface area contributed by atoms with Crippen molar-refractivity contribution in [2.45, 2.75) is 45.8 Å². The third kappa shape index (κ3) is 6.20. The SMILES string of the molecule is CCOC(OCC)c1nc2c(c(=O)[nH]1)C[NH+](C[C@H](O)COCc1ccccc1)CC2. The minimum Gasteiger partial charge on any atom is -0.385 e. The zero-order chi connectivity index (χ0) is 21.3. The van der Waals surface area contributed by atoms with Crippen molar-refractivity contribution in [2.24, 2.45) is 0 Å². The summed E-state index contributed by atoms with van der Waals surface area (Å²) in [5.74, 6) is 0.417. The number of aromatic amines is 1. The molecular formula is C22H32N3O5+. The highest BCUT2D eigenvalue weighted by Crippen LogP contribution is 2.15. The smallest absolute Gasteiger partial charge is 0.260 e. The molecule has 0 bridgehead atoms. The first-order valence-corrected chi connectivity index (χ1v) is 10.6. The molecule has 0 spiro atoms. The van der Waals surface area contributed by atoms with E-state index in [9.17, 15) is 9.90 Å². The molecule has 164 valence electrons. The number of nitrogens with one attached hydrogen (secondary N) is 2. The molecule has 0 saturated carbocycles. The number of aliphatic hydroxyl groups is 1. The monoisotopic (exact) mass is 418 g/mol. The fourth-order valence-corrected chi connectivity index (χ4v) is 3.66. The van der Waals surface area contributed by atoms with Gasteiger partial charge in [-0.05, 0) is 19.4 Å². The molecule has 8 nitrogen and oxygen atoms in total. The Morgan fingerprint density at radius 1 is 1.20 bits per heavy atom. The molecule has 2 heterocycles. The van der Waals surface area contributed by atoms with Gasteiger partial charge in [0.05, 0.1) is 31.0 Å². The van der Waals surface area contributed by atoms with Crippen molar-refractivity contribution in [3.05, 3.63) is 63.3 Å². The summed E-state index contributed by atoms with van der Waals surface area (Å²) >= 11 is 0. The molecule has 0 fully saturated rings. The normalized spacial score (nSPS) is 17.1. The summed E-state index contributed by atoms with van der Waals surface area (Å²) < 4.78 is 16.7. The van der Waals surface area contributed by atoms with E-state index in [-0.39, 0.29) is 12.2 Å². The Labute approximate surface area is 176 Å². The number of H-pyrrole nitrogens is 1. The van der Waals surface area contributed by atoms with E-state index in [1.165, 1.54) is 0 Å². The predicted octanol–water partition coefficient (Wildman–Crippen LogP) is 0.360. The number of ether oxygens (including phenoxy) is 3. The molecular weight excluding hydrogens is 386 g/mol. The minimum absolute atomic E-state index is 0.161. The van der Waals surface area contributed by atoms with Gasteiger partial charge in [-0.15, -0.1) is 0 Å². The number of quaternary nitrogens is 1. The maximum absolute atomic E-state index is 12.7. The van der Waals surface area contributed by atoms with E-state index in [1.807, 2.05) is 44.2 Å². The summed E-state index contributed by atoms with van der Waals surface area (Å²) in [6.45, 7) is 7.27. The lowest BCUT2D eigenvalue weighted by molar-refractivity contribution is -0.919. The summed E-state index contributed by atoms with van der Waals surface area (Å²) in [7, 11) is 0. The van der Waals surface area contributed by atoms with Gasteiger partial charge in [-0.25, -0.2) is 4.98 Å². The summed E-state index contributed by atoms with van der Waals surface area (Å²) in [5.41, 5.74) is 2.38. The van der Waals surface area contributed by atoms with Crippen molar-refractivity contribution in [1.82, 2.24) is 9.97 Å². The first-order valence-electron chi connectivity index (χ1n) is 10.6.